The Hall–Kier alpha value is -2.29. The summed E-state index contributed by atoms with van der Waals surface area (Å²) in [5.41, 5.74) is 6.69. The highest BCUT2D eigenvalue weighted by molar-refractivity contribution is 5.83. The van der Waals surface area contributed by atoms with Gasteiger partial charge in [-0.1, -0.05) is 63.3 Å². The van der Waals surface area contributed by atoms with Gasteiger partial charge < -0.3 is 5.32 Å². The summed E-state index contributed by atoms with van der Waals surface area (Å²) in [6.07, 6.45) is 7.46. The van der Waals surface area contributed by atoms with E-state index in [2.05, 4.69) is 78.8 Å². The third kappa shape index (κ3) is 2.40. The van der Waals surface area contributed by atoms with Crippen LogP contribution in [-0.2, 0) is 5.41 Å². The average molecular weight is 305 g/mol. The highest BCUT2D eigenvalue weighted by atomic mass is 15.2. The minimum Gasteiger partial charge on any atom is -0.368 e. The molecular formula is C20H23N3. The second-order valence-electron chi connectivity index (χ2n) is 7.48. The zero-order valence-corrected chi connectivity index (χ0v) is 14.0. The van der Waals surface area contributed by atoms with Gasteiger partial charge in [0.1, 0.15) is 0 Å². The number of aromatic nitrogens is 2. The van der Waals surface area contributed by atoms with Gasteiger partial charge in [0.25, 0.3) is 0 Å². The Morgan fingerprint density at radius 3 is 2.48 bits per heavy atom. The van der Waals surface area contributed by atoms with Crippen LogP contribution in [-0.4, -0.2) is 16.7 Å². The molecule has 0 amide bonds. The molecule has 2 aromatic rings. The molecule has 0 spiro atoms. The molecule has 2 N–H and O–H groups in total. The standard InChI is InChI=1S/C20H23N3/c1-20(2,3)15-9-7-13(8-10-15)16-11-12-21-19-17(16)18(22-23-19)14-5-4-6-14/h4-10,16H,11-12H2,1-3H3,(H2,21,22,23). The highest BCUT2D eigenvalue weighted by Gasteiger charge is 2.29. The second kappa shape index (κ2) is 5.12. The maximum Gasteiger partial charge on any atom is 0.152 e. The first-order chi connectivity index (χ1) is 11.0. The first-order valence-electron chi connectivity index (χ1n) is 8.35. The van der Waals surface area contributed by atoms with Gasteiger partial charge in [0.15, 0.2) is 5.82 Å². The number of allylic oxidation sites excluding steroid dienone is 4. The van der Waals surface area contributed by atoms with E-state index in [1.54, 1.807) is 0 Å². The number of anilines is 1. The van der Waals surface area contributed by atoms with Crippen LogP contribution in [0.3, 0.4) is 0 Å². The number of nitrogens with zero attached hydrogens (tertiary/aromatic N) is 1. The van der Waals surface area contributed by atoms with Gasteiger partial charge >= 0.3 is 0 Å². The molecule has 3 nitrogen and oxygen atoms in total. The predicted molar refractivity (Wildman–Crippen MR) is 95.8 cm³/mol. The van der Waals surface area contributed by atoms with Crippen molar-refractivity contribution in [3.8, 4) is 0 Å². The van der Waals surface area contributed by atoms with Crippen molar-refractivity contribution in [2.24, 2.45) is 0 Å². The maximum absolute atomic E-state index is 4.48. The van der Waals surface area contributed by atoms with E-state index in [0.717, 1.165) is 18.8 Å². The minimum atomic E-state index is 0.195. The van der Waals surface area contributed by atoms with Crippen molar-refractivity contribution in [3.63, 3.8) is 0 Å². The molecule has 0 radical (unpaired) electrons. The number of benzene rings is 1. The fraction of sp³-hybridized carbons (Fsp3) is 0.350. The zero-order valence-electron chi connectivity index (χ0n) is 14.0. The number of fused-ring (bicyclic) bond motifs is 1. The van der Waals surface area contributed by atoms with Gasteiger partial charge in [-0.25, -0.2) is 0 Å². The van der Waals surface area contributed by atoms with Crippen molar-refractivity contribution < 1.29 is 0 Å². The molecule has 1 aromatic carbocycles. The van der Waals surface area contributed by atoms with E-state index in [1.165, 1.54) is 28.0 Å². The molecule has 0 saturated heterocycles. The van der Waals surface area contributed by atoms with Crippen LogP contribution in [0.5, 0.6) is 0 Å². The molecule has 0 saturated carbocycles. The van der Waals surface area contributed by atoms with Gasteiger partial charge in [0, 0.05) is 18.0 Å². The van der Waals surface area contributed by atoms with E-state index >= 15 is 0 Å². The number of aromatic amines is 1. The molecule has 3 heteroatoms. The summed E-state index contributed by atoms with van der Waals surface area (Å²) in [6.45, 7) is 7.74. The van der Waals surface area contributed by atoms with E-state index in [1.807, 2.05) is 0 Å². The van der Waals surface area contributed by atoms with Gasteiger partial charge in [-0.15, -0.1) is 0 Å². The fourth-order valence-corrected chi connectivity index (χ4v) is 3.43. The molecular weight excluding hydrogens is 282 g/mol. The molecule has 23 heavy (non-hydrogen) atoms. The molecule has 1 unspecified atom stereocenters. The number of nitrogens with one attached hydrogen (secondary N) is 2. The molecule has 2 aliphatic rings. The average Bonchev–Trinajstić information content (AvgIpc) is 2.89. The van der Waals surface area contributed by atoms with E-state index in [4.69, 9.17) is 0 Å². The molecule has 2 heterocycles. The summed E-state index contributed by atoms with van der Waals surface area (Å²) in [5, 5.41) is 11.1. The summed E-state index contributed by atoms with van der Waals surface area (Å²) in [4.78, 5) is 0. The van der Waals surface area contributed by atoms with Crippen LogP contribution in [0, 0.1) is 0 Å². The fourth-order valence-electron chi connectivity index (χ4n) is 3.43. The molecule has 0 fully saturated rings. The minimum absolute atomic E-state index is 0.195. The van der Waals surface area contributed by atoms with E-state index < -0.39 is 0 Å². The number of hydrogen-bond donors (Lipinski definition) is 2. The van der Waals surface area contributed by atoms with Crippen molar-refractivity contribution in [1.82, 2.24) is 10.2 Å². The Kier molecular flexibility index (Phi) is 3.19. The first-order valence-corrected chi connectivity index (χ1v) is 8.35. The molecule has 1 atom stereocenters. The van der Waals surface area contributed by atoms with Crippen LogP contribution in [0.2, 0.25) is 0 Å². The van der Waals surface area contributed by atoms with Gasteiger partial charge in [-0.3, -0.25) is 5.10 Å². The van der Waals surface area contributed by atoms with Crippen molar-refractivity contribution in [2.45, 2.75) is 38.5 Å². The number of rotatable bonds is 2. The third-order valence-electron chi connectivity index (χ3n) is 4.90. The van der Waals surface area contributed by atoms with Crippen LogP contribution in [0.25, 0.3) is 5.57 Å². The monoisotopic (exact) mass is 305 g/mol. The maximum atomic E-state index is 4.48. The predicted octanol–water partition coefficient (Wildman–Crippen LogP) is 4.61. The van der Waals surface area contributed by atoms with Crippen LogP contribution in [0.15, 0.2) is 42.5 Å². The van der Waals surface area contributed by atoms with Crippen LogP contribution >= 0.6 is 0 Å². The van der Waals surface area contributed by atoms with Gasteiger partial charge in [-0.05, 0) is 28.5 Å². The number of hydrogen-bond acceptors (Lipinski definition) is 2. The second-order valence-corrected chi connectivity index (χ2v) is 7.48. The smallest absolute Gasteiger partial charge is 0.152 e. The van der Waals surface area contributed by atoms with Crippen molar-refractivity contribution >= 4 is 11.4 Å². The van der Waals surface area contributed by atoms with Crippen LogP contribution in [0.1, 0.15) is 55.5 Å². The zero-order chi connectivity index (χ0) is 16.0. The topological polar surface area (TPSA) is 40.7 Å². The Labute approximate surface area is 137 Å². The third-order valence-corrected chi connectivity index (χ3v) is 4.90. The molecule has 4 rings (SSSR count). The Morgan fingerprint density at radius 2 is 1.87 bits per heavy atom. The van der Waals surface area contributed by atoms with Gasteiger partial charge in [0.05, 0.1) is 5.69 Å². The lowest BCUT2D eigenvalue weighted by Crippen LogP contribution is -2.18. The quantitative estimate of drug-likeness (QED) is 0.850. The SMILES string of the molecule is CC(C)(C)c1ccc(C2CCNc3n[nH]c(C4=CC=C4)c32)cc1. The Morgan fingerprint density at radius 1 is 1.13 bits per heavy atom. The lowest BCUT2D eigenvalue weighted by molar-refractivity contribution is 0.589. The summed E-state index contributed by atoms with van der Waals surface area (Å²) in [6, 6.07) is 9.14. The van der Waals surface area contributed by atoms with Crippen molar-refractivity contribution in [3.05, 3.63) is 64.9 Å². The molecule has 1 aliphatic carbocycles. The van der Waals surface area contributed by atoms with Crippen molar-refractivity contribution in [1.29, 1.82) is 0 Å². The van der Waals surface area contributed by atoms with Gasteiger partial charge in [0.2, 0.25) is 0 Å². The van der Waals surface area contributed by atoms with Crippen molar-refractivity contribution in [2.75, 3.05) is 11.9 Å². The molecule has 1 aliphatic heterocycles. The summed E-state index contributed by atoms with van der Waals surface area (Å²) < 4.78 is 0. The molecule has 1 aromatic heterocycles. The highest BCUT2D eigenvalue weighted by Crippen LogP contribution is 2.41. The molecule has 118 valence electrons. The summed E-state index contributed by atoms with van der Waals surface area (Å²) >= 11 is 0. The lowest BCUT2D eigenvalue weighted by atomic mass is 9.81. The largest absolute Gasteiger partial charge is 0.368 e. The Balaban J connectivity index is 1.73. The van der Waals surface area contributed by atoms with E-state index in [-0.39, 0.29) is 5.41 Å². The van der Waals surface area contributed by atoms with Gasteiger partial charge in [-0.2, -0.15) is 5.10 Å². The van der Waals surface area contributed by atoms with E-state index in [9.17, 15) is 0 Å². The first kappa shape index (κ1) is 14.3. The normalized spacial score (nSPS) is 19.6. The van der Waals surface area contributed by atoms with Crippen LogP contribution < -0.4 is 5.32 Å². The summed E-state index contributed by atoms with van der Waals surface area (Å²) in [7, 11) is 0. The summed E-state index contributed by atoms with van der Waals surface area (Å²) in [5.74, 6) is 1.42. The Bertz CT molecular complexity index is 785. The molecule has 0 bridgehead atoms. The van der Waals surface area contributed by atoms with Crippen LogP contribution in [0.4, 0.5) is 5.82 Å². The lowest BCUT2D eigenvalue weighted by Gasteiger charge is -2.26. The number of H-pyrrole nitrogens is 1. The van der Waals surface area contributed by atoms with E-state index in [0.29, 0.717) is 5.92 Å².